The van der Waals surface area contributed by atoms with E-state index in [1.807, 2.05) is 18.2 Å². The second kappa shape index (κ2) is 6.08. The van der Waals surface area contributed by atoms with Gasteiger partial charge in [0.05, 0.1) is 6.10 Å². The Hall–Kier alpha value is -0.610. The van der Waals surface area contributed by atoms with Gasteiger partial charge in [-0.15, -0.1) is 0 Å². The number of hydrogen-bond acceptors (Lipinski definition) is 3. The predicted molar refractivity (Wildman–Crippen MR) is 58.8 cm³/mol. The molecule has 0 aromatic heterocycles. The van der Waals surface area contributed by atoms with E-state index in [2.05, 4.69) is 0 Å². The highest BCUT2D eigenvalue weighted by molar-refractivity contribution is 6.31. The Morgan fingerprint density at radius 1 is 1.40 bits per heavy atom. The van der Waals surface area contributed by atoms with Crippen LogP contribution in [0.4, 0.5) is 0 Å². The number of aliphatic hydroxyl groups excluding tert-OH is 1. The second-order valence-electron chi connectivity index (χ2n) is 3.26. The summed E-state index contributed by atoms with van der Waals surface area (Å²) in [5, 5.41) is 10.2. The van der Waals surface area contributed by atoms with Crippen LogP contribution in [0.15, 0.2) is 24.3 Å². The number of rotatable bonds is 5. The van der Waals surface area contributed by atoms with Crippen LogP contribution in [0.25, 0.3) is 0 Å². The summed E-state index contributed by atoms with van der Waals surface area (Å²) in [5.74, 6) is 0. The maximum Gasteiger partial charge on any atom is 0.147 e. The first-order valence-corrected chi connectivity index (χ1v) is 5.07. The van der Waals surface area contributed by atoms with Crippen LogP contribution in [-0.4, -0.2) is 25.1 Å². The van der Waals surface area contributed by atoms with Gasteiger partial charge in [0.25, 0.3) is 0 Å². The molecule has 0 amide bonds. The number of ether oxygens (including phenoxy) is 2. The van der Waals surface area contributed by atoms with Gasteiger partial charge in [-0.05, 0) is 13.0 Å². The Balaban J connectivity index is 2.84. The van der Waals surface area contributed by atoms with E-state index in [4.69, 9.17) is 21.1 Å². The molecule has 4 heteroatoms. The number of methoxy groups -OCH3 is 1. The summed E-state index contributed by atoms with van der Waals surface area (Å²) in [6, 6.07) is 7.28. The van der Waals surface area contributed by atoms with Crippen LogP contribution < -0.4 is 0 Å². The van der Waals surface area contributed by atoms with Crippen molar-refractivity contribution in [3.05, 3.63) is 34.9 Å². The summed E-state index contributed by atoms with van der Waals surface area (Å²) in [4.78, 5) is 0. The van der Waals surface area contributed by atoms with Gasteiger partial charge in [-0.2, -0.15) is 0 Å². The molecule has 0 spiro atoms. The van der Waals surface area contributed by atoms with Gasteiger partial charge in [0.1, 0.15) is 12.9 Å². The quantitative estimate of drug-likeness (QED) is 0.790. The van der Waals surface area contributed by atoms with Crippen molar-refractivity contribution in [2.75, 3.05) is 13.9 Å². The molecule has 0 saturated carbocycles. The normalized spacial score (nSPS) is 14.9. The van der Waals surface area contributed by atoms with Crippen LogP contribution in [0.3, 0.4) is 0 Å². The molecule has 0 unspecified atom stereocenters. The van der Waals surface area contributed by atoms with Crippen LogP contribution >= 0.6 is 11.6 Å². The Morgan fingerprint density at radius 2 is 2.07 bits per heavy atom. The number of benzene rings is 1. The summed E-state index contributed by atoms with van der Waals surface area (Å²) in [7, 11) is 1.53. The molecule has 3 nitrogen and oxygen atoms in total. The Morgan fingerprint density at radius 3 is 2.60 bits per heavy atom. The Kier molecular flexibility index (Phi) is 5.05. The van der Waals surface area contributed by atoms with Gasteiger partial charge < -0.3 is 14.6 Å². The van der Waals surface area contributed by atoms with Crippen molar-refractivity contribution in [1.29, 1.82) is 0 Å². The molecule has 0 aliphatic heterocycles. The van der Waals surface area contributed by atoms with Gasteiger partial charge in [-0.1, -0.05) is 29.8 Å². The summed E-state index contributed by atoms with van der Waals surface area (Å²) in [6.07, 6.45) is -1.10. The standard InChI is InChI=1S/C11H15ClO3/c1-8(13)11(15-7-14-2)9-5-3-4-6-10(9)12/h3-6,8,11,13H,7H2,1-2H3/t8-,11-/m0/s1. The van der Waals surface area contributed by atoms with Crippen LogP contribution in [-0.2, 0) is 9.47 Å². The third-order valence-corrected chi connectivity index (χ3v) is 2.36. The fraction of sp³-hybridized carbons (Fsp3) is 0.455. The minimum atomic E-state index is -0.639. The average Bonchev–Trinajstić information content (AvgIpc) is 2.20. The van der Waals surface area contributed by atoms with Crippen LogP contribution in [0.5, 0.6) is 0 Å². The molecule has 0 fully saturated rings. The minimum Gasteiger partial charge on any atom is -0.390 e. The highest BCUT2D eigenvalue weighted by Gasteiger charge is 2.20. The van der Waals surface area contributed by atoms with E-state index >= 15 is 0 Å². The SMILES string of the molecule is COCO[C@H](c1ccccc1Cl)[C@H](C)O. The largest absolute Gasteiger partial charge is 0.390 e. The fourth-order valence-corrected chi connectivity index (χ4v) is 1.58. The van der Waals surface area contributed by atoms with Crippen LogP contribution in [0, 0.1) is 0 Å². The molecule has 1 aromatic carbocycles. The molecule has 0 aliphatic carbocycles. The molecular formula is C11H15ClO3. The molecule has 15 heavy (non-hydrogen) atoms. The predicted octanol–water partition coefficient (Wildman–Crippen LogP) is 2.38. The number of halogens is 1. The monoisotopic (exact) mass is 230 g/mol. The van der Waals surface area contributed by atoms with E-state index in [0.29, 0.717) is 5.02 Å². The van der Waals surface area contributed by atoms with E-state index in [1.54, 1.807) is 13.0 Å². The van der Waals surface area contributed by atoms with E-state index in [1.165, 1.54) is 7.11 Å². The third kappa shape index (κ3) is 3.47. The highest BCUT2D eigenvalue weighted by Crippen LogP contribution is 2.27. The van der Waals surface area contributed by atoms with E-state index in [-0.39, 0.29) is 6.79 Å². The van der Waals surface area contributed by atoms with Crippen molar-refractivity contribution >= 4 is 11.6 Å². The summed E-state index contributed by atoms with van der Waals surface area (Å²) >= 11 is 6.01. The first-order chi connectivity index (χ1) is 7.16. The summed E-state index contributed by atoms with van der Waals surface area (Å²) in [6.45, 7) is 1.78. The van der Waals surface area contributed by atoms with Gasteiger partial charge >= 0.3 is 0 Å². The first-order valence-electron chi connectivity index (χ1n) is 4.70. The molecule has 1 N–H and O–H groups in total. The molecular weight excluding hydrogens is 216 g/mol. The van der Waals surface area contributed by atoms with E-state index < -0.39 is 12.2 Å². The van der Waals surface area contributed by atoms with Crippen molar-refractivity contribution in [2.24, 2.45) is 0 Å². The van der Waals surface area contributed by atoms with Gasteiger partial charge in [0, 0.05) is 17.7 Å². The average molecular weight is 231 g/mol. The maximum absolute atomic E-state index is 9.58. The van der Waals surface area contributed by atoms with Gasteiger partial charge in [0.2, 0.25) is 0 Å². The lowest BCUT2D eigenvalue weighted by Gasteiger charge is -2.21. The molecule has 0 aliphatic rings. The van der Waals surface area contributed by atoms with Crippen molar-refractivity contribution in [3.63, 3.8) is 0 Å². The molecule has 1 rings (SSSR count). The molecule has 0 heterocycles. The number of aliphatic hydroxyl groups is 1. The Labute approximate surface area is 94.6 Å². The van der Waals surface area contributed by atoms with Crippen molar-refractivity contribution < 1.29 is 14.6 Å². The van der Waals surface area contributed by atoms with Gasteiger partial charge in [-0.3, -0.25) is 0 Å². The maximum atomic E-state index is 9.58. The molecule has 84 valence electrons. The highest BCUT2D eigenvalue weighted by atomic mass is 35.5. The topological polar surface area (TPSA) is 38.7 Å². The second-order valence-corrected chi connectivity index (χ2v) is 3.66. The molecule has 1 aromatic rings. The lowest BCUT2D eigenvalue weighted by atomic mass is 10.1. The molecule has 0 saturated heterocycles. The summed E-state index contributed by atoms with van der Waals surface area (Å²) in [5.41, 5.74) is 0.770. The van der Waals surface area contributed by atoms with Crippen molar-refractivity contribution in [3.8, 4) is 0 Å². The van der Waals surface area contributed by atoms with E-state index in [9.17, 15) is 5.11 Å². The van der Waals surface area contributed by atoms with Crippen LogP contribution in [0.1, 0.15) is 18.6 Å². The Bertz CT molecular complexity index is 302. The van der Waals surface area contributed by atoms with Gasteiger partial charge in [-0.25, -0.2) is 0 Å². The van der Waals surface area contributed by atoms with Crippen molar-refractivity contribution in [1.82, 2.24) is 0 Å². The van der Waals surface area contributed by atoms with Crippen LogP contribution in [0.2, 0.25) is 5.02 Å². The zero-order valence-electron chi connectivity index (χ0n) is 8.81. The zero-order valence-corrected chi connectivity index (χ0v) is 9.57. The van der Waals surface area contributed by atoms with Gasteiger partial charge in [0.15, 0.2) is 0 Å². The van der Waals surface area contributed by atoms with E-state index in [0.717, 1.165) is 5.56 Å². The fourth-order valence-electron chi connectivity index (χ4n) is 1.34. The lowest BCUT2D eigenvalue weighted by Crippen LogP contribution is -2.19. The smallest absolute Gasteiger partial charge is 0.147 e. The first kappa shape index (κ1) is 12.5. The molecule has 2 atom stereocenters. The third-order valence-electron chi connectivity index (χ3n) is 2.02. The zero-order chi connectivity index (χ0) is 11.3. The minimum absolute atomic E-state index is 0.126. The lowest BCUT2D eigenvalue weighted by molar-refractivity contribution is -0.110. The molecule has 0 bridgehead atoms. The van der Waals surface area contributed by atoms with Crippen molar-refractivity contribution in [2.45, 2.75) is 19.1 Å². The summed E-state index contributed by atoms with van der Waals surface area (Å²) < 4.78 is 10.2. The molecule has 0 radical (unpaired) electrons. The number of hydrogen-bond donors (Lipinski definition) is 1.